The largest absolute Gasteiger partial charge is 0.375 e. The zero-order valence-electron chi connectivity index (χ0n) is 11.3. The third-order valence-corrected chi connectivity index (χ3v) is 4.07. The maximum Gasteiger partial charge on any atom is 0.151 e. The molecule has 0 spiro atoms. The average molecular weight is 275 g/mol. The average Bonchev–Trinajstić information content (AvgIpc) is 3.23. The second-order valence-electron chi connectivity index (χ2n) is 5.64. The summed E-state index contributed by atoms with van der Waals surface area (Å²) >= 11 is 0. The van der Waals surface area contributed by atoms with Gasteiger partial charge >= 0.3 is 0 Å². The van der Waals surface area contributed by atoms with E-state index in [1.807, 2.05) is 6.07 Å². The minimum absolute atomic E-state index is 0.140. The molecule has 0 radical (unpaired) electrons. The Morgan fingerprint density at radius 2 is 2.30 bits per heavy atom. The van der Waals surface area contributed by atoms with Crippen LogP contribution in [-0.4, -0.2) is 35.4 Å². The minimum atomic E-state index is -0.231. The lowest BCUT2D eigenvalue weighted by molar-refractivity contribution is 0.0276. The van der Waals surface area contributed by atoms with Gasteiger partial charge in [-0.15, -0.1) is 0 Å². The van der Waals surface area contributed by atoms with Crippen molar-refractivity contribution in [3.05, 3.63) is 29.8 Å². The summed E-state index contributed by atoms with van der Waals surface area (Å²) in [6, 6.07) is 5.71. The van der Waals surface area contributed by atoms with Crippen molar-refractivity contribution in [2.24, 2.45) is 0 Å². The van der Waals surface area contributed by atoms with E-state index in [1.54, 1.807) is 6.07 Å². The molecular formula is C15H18FN3O. The summed E-state index contributed by atoms with van der Waals surface area (Å²) in [5.74, 6) is 0.729. The Morgan fingerprint density at radius 3 is 3.05 bits per heavy atom. The lowest BCUT2D eigenvalue weighted by Crippen LogP contribution is -2.40. The van der Waals surface area contributed by atoms with Gasteiger partial charge in [-0.05, 0) is 25.0 Å². The van der Waals surface area contributed by atoms with E-state index >= 15 is 0 Å². The lowest BCUT2D eigenvalue weighted by Gasteiger charge is -2.23. The van der Waals surface area contributed by atoms with E-state index in [-0.39, 0.29) is 11.9 Å². The Kier molecular flexibility index (Phi) is 2.97. The molecule has 4 rings (SSSR count). The highest BCUT2D eigenvalue weighted by Gasteiger charge is 2.30. The zero-order valence-corrected chi connectivity index (χ0v) is 11.3. The van der Waals surface area contributed by atoms with Crippen LogP contribution in [-0.2, 0) is 11.2 Å². The van der Waals surface area contributed by atoms with Gasteiger partial charge in [-0.3, -0.25) is 0 Å². The van der Waals surface area contributed by atoms with Crippen molar-refractivity contribution in [3.63, 3.8) is 0 Å². The number of fused-ring (bicyclic) bond motifs is 1. The van der Waals surface area contributed by atoms with Crippen LogP contribution >= 0.6 is 0 Å². The highest BCUT2D eigenvalue weighted by molar-refractivity contribution is 5.77. The van der Waals surface area contributed by atoms with E-state index in [0.29, 0.717) is 11.6 Å². The molecule has 1 aliphatic carbocycles. The van der Waals surface area contributed by atoms with Gasteiger partial charge < -0.3 is 14.6 Å². The summed E-state index contributed by atoms with van der Waals surface area (Å²) < 4.78 is 21.9. The van der Waals surface area contributed by atoms with Gasteiger partial charge in [0.2, 0.25) is 0 Å². The van der Waals surface area contributed by atoms with Gasteiger partial charge in [0.1, 0.15) is 11.3 Å². The maximum absolute atomic E-state index is 13.9. The Hall–Kier alpha value is -1.46. The third-order valence-electron chi connectivity index (χ3n) is 4.07. The zero-order chi connectivity index (χ0) is 13.5. The van der Waals surface area contributed by atoms with Gasteiger partial charge in [0.25, 0.3) is 0 Å². The van der Waals surface area contributed by atoms with Crippen LogP contribution in [0, 0.1) is 5.82 Å². The summed E-state index contributed by atoms with van der Waals surface area (Å²) in [7, 11) is 0. The number of benzene rings is 1. The molecule has 1 saturated carbocycles. The molecule has 1 aliphatic heterocycles. The van der Waals surface area contributed by atoms with Gasteiger partial charge in [0.15, 0.2) is 5.82 Å². The summed E-state index contributed by atoms with van der Waals surface area (Å²) in [5.41, 5.74) is 1.42. The molecule has 2 aromatic rings. The third kappa shape index (κ3) is 2.11. The molecule has 2 fully saturated rings. The summed E-state index contributed by atoms with van der Waals surface area (Å²) in [5, 5.41) is 3.33. The van der Waals surface area contributed by atoms with Crippen molar-refractivity contribution in [2.45, 2.75) is 31.4 Å². The predicted octanol–water partition coefficient (Wildman–Crippen LogP) is 2.04. The predicted molar refractivity (Wildman–Crippen MR) is 74.3 cm³/mol. The number of nitrogens with one attached hydrogen (secondary N) is 1. The first-order chi connectivity index (χ1) is 9.83. The summed E-state index contributed by atoms with van der Waals surface area (Å²) in [6.07, 6.45) is 3.22. The molecule has 0 amide bonds. The maximum atomic E-state index is 13.9. The first-order valence-corrected chi connectivity index (χ1v) is 7.30. The van der Waals surface area contributed by atoms with Crippen molar-refractivity contribution < 1.29 is 9.13 Å². The van der Waals surface area contributed by atoms with E-state index in [2.05, 4.69) is 14.9 Å². The molecule has 2 heterocycles. The van der Waals surface area contributed by atoms with Gasteiger partial charge in [0.05, 0.1) is 18.2 Å². The van der Waals surface area contributed by atoms with Crippen molar-refractivity contribution >= 4 is 11.0 Å². The SMILES string of the molecule is Fc1cccc2c1nc(CC1CNCCO1)n2C1CC1. The van der Waals surface area contributed by atoms with Gasteiger partial charge in [-0.1, -0.05) is 6.07 Å². The number of hydrogen-bond donors (Lipinski definition) is 1. The van der Waals surface area contributed by atoms with Crippen LogP contribution in [0.1, 0.15) is 24.7 Å². The van der Waals surface area contributed by atoms with Crippen LogP contribution in [0.3, 0.4) is 0 Å². The highest BCUT2D eigenvalue weighted by Crippen LogP contribution is 2.39. The second kappa shape index (κ2) is 4.82. The number of rotatable bonds is 3. The molecule has 2 aliphatic rings. The van der Waals surface area contributed by atoms with Crippen LogP contribution < -0.4 is 5.32 Å². The fourth-order valence-electron chi connectivity index (χ4n) is 2.97. The molecule has 1 aromatic carbocycles. The number of aromatic nitrogens is 2. The van der Waals surface area contributed by atoms with Gasteiger partial charge in [-0.25, -0.2) is 9.37 Å². The minimum Gasteiger partial charge on any atom is -0.375 e. The first-order valence-electron chi connectivity index (χ1n) is 7.30. The Balaban J connectivity index is 1.73. The number of morpholine rings is 1. The number of hydrogen-bond acceptors (Lipinski definition) is 3. The quantitative estimate of drug-likeness (QED) is 0.931. The van der Waals surface area contributed by atoms with E-state index in [1.165, 1.54) is 18.9 Å². The number of nitrogens with zero attached hydrogens (tertiary/aromatic N) is 2. The van der Waals surface area contributed by atoms with Gasteiger partial charge in [0, 0.05) is 25.6 Å². The first kappa shape index (κ1) is 12.3. The van der Waals surface area contributed by atoms with Crippen LogP contribution in [0.15, 0.2) is 18.2 Å². The molecule has 20 heavy (non-hydrogen) atoms. The monoisotopic (exact) mass is 275 g/mol. The van der Waals surface area contributed by atoms with Crippen LogP contribution in [0.2, 0.25) is 0 Å². The molecule has 1 unspecified atom stereocenters. The van der Waals surface area contributed by atoms with Crippen LogP contribution in [0.4, 0.5) is 4.39 Å². The number of imidazole rings is 1. The van der Waals surface area contributed by atoms with E-state index in [0.717, 1.165) is 37.5 Å². The molecule has 4 nitrogen and oxygen atoms in total. The van der Waals surface area contributed by atoms with Crippen molar-refractivity contribution in [2.75, 3.05) is 19.7 Å². The van der Waals surface area contributed by atoms with Crippen molar-refractivity contribution in [1.82, 2.24) is 14.9 Å². The molecule has 1 saturated heterocycles. The molecule has 0 bridgehead atoms. The van der Waals surface area contributed by atoms with Crippen molar-refractivity contribution in [3.8, 4) is 0 Å². The summed E-state index contributed by atoms with van der Waals surface area (Å²) in [6.45, 7) is 2.49. The van der Waals surface area contributed by atoms with E-state index in [4.69, 9.17) is 4.74 Å². The number of para-hydroxylation sites is 1. The molecule has 106 valence electrons. The normalized spacial score (nSPS) is 23.4. The molecule has 1 atom stereocenters. The molecule has 1 aromatic heterocycles. The smallest absolute Gasteiger partial charge is 0.151 e. The fourth-order valence-corrected chi connectivity index (χ4v) is 2.97. The lowest BCUT2D eigenvalue weighted by atomic mass is 10.2. The summed E-state index contributed by atoms with van der Waals surface area (Å²) in [4.78, 5) is 4.55. The Labute approximate surface area is 116 Å². The van der Waals surface area contributed by atoms with Crippen LogP contribution in [0.25, 0.3) is 11.0 Å². The van der Waals surface area contributed by atoms with Crippen molar-refractivity contribution in [1.29, 1.82) is 0 Å². The Bertz CT molecular complexity index is 629. The second-order valence-corrected chi connectivity index (χ2v) is 5.64. The molecule has 5 heteroatoms. The fraction of sp³-hybridized carbons (Fsp3) is 0.533. The molecular weight excluding hydrogens is 257 g/mol. The number of halogens is 1. The topological polar surface area (TPSA) is 39.1 Å². The van der Waals surface area contributed by atoms with E-state index < -0.39 is 0 Å². The highest BCUT2D eigenvalue weighted by atomic mass is 19.1. The number of ether oxygens (including phenoxy) is 1. The van der Waals surface area contributed by atoms with Gasteiger partial charge in [-0.2, -0.15) is 0 Å². The van der Waals surface area contributed by atoms with Crippen LogP contribution in [0.5, 0.6) is 0 Å². The van der Waals surface area contributed by atoms with E-state index in [9.17, 15) is 4.39 Å². The Morgan fingerprint density at radius 1 is 1.40 bits per heavy atom. The molecule has 1 N–H and O–H groups in total. The standard InChI is InChI=1S/C15H18FN3O/c16-12-2-1-3-13-15(12)18-14(19(13)10-4-5-10)8-11-9-17-6-7-20-11/h1-3,10-11,17H,4-9H2.